The van der Waals surface area contributed by atoms with Gasteiger partial charge in [0.1, 0.15) is 4.99 Å². The van der Waals surface area contributed by atoms with Gasteiger partial charge in [-0.1, -0.05) is 54.2 Å². The van der Waals surface area contributed by atoms with E-state index < -0.39 is 0 Å². The number of benzene rings is 3. The van der Waals surface area contributed by atoms with E-state index in [2.05, 4.69) is 29.6 Å². The van der Waals surface area contributed by atoms with Crippen molar-refractivity contribution < 1.29 is 0 Å². The fourth-order valence-electron chi connectivity index (χ4n) is 2.23. The number of fused-ring (bicyclic) bond motifs is 1. The largest absolute Gasteiger partial charge is 0.389 e. The van der Waals surface area contributed by atoms with Gasteiger partial charge in [0.25, 0.3) is 0 Å². The molecule has 0 radical (unpaired) electrons. The molecule has 104 valence electrons. The van der Waals surface area contributed by atoms with E-state index >= 15 is 0 Å². The minimum absolute atomic E-state index is 0.303. The van der Waals surface area contributed by atoms with Gasteiger partial charge in [-0.25, -0.2) is 0 Å². The number of nitrogens with one attached hydrogen (secondary N) is 1. The normalized spacial score (nSPS) is 10.5. The third kappa shape index (κ3) is 2.99. The second-order valence-electron chi connectivity index (χ2n) is 4.75. The highest BCUT2D eigenvalue weighted by Crippen LogP contribution is 2.25. The molecule has 0 saturated heterocycles. The SMILES string of the molecule is NC(=S)c1ccc(Nc2ccc3ccccc3c2)cc1Cl. The predicted molar refractivity (Wildman–Crippen MR) is 94.6 cm³/mol. The Kier molecular flexibility index (Phi) is 3.78. The van der Waals surface area contributed by atoms with Crippen molar-refractivity contribution in [2.45, 2.75) is 0 Å². The molecule has 21 heavy (non-hydrogen) atoms. The topological polar surface area (TPSA) is 38.0 Å². The van der Waals surface area contributed by atoms with Gasteiger partial charge in [-0.3, -0.25) is 0 Å². The average Bonchev–Trinajstić information content (AvgIpc) is 2.47. The van der Waals surface area contributed by atoms with Crippen LogP contribution in [-0.2, 0) is 0 Å². The van der Waals surface area contributed by atoms with Crippen LogP contribution in [-0.4, -0.2) is 4.99 Å². The fraction of sp³-hybridized carbons (Fsp3) is 0. The van der Waals surface area contributed by atoms with E-state index in [0.717, 1.165) is 11.4 Å². The molecule has 4 heteroatoms. The van der Waals surface area contributed by atoms with Crippen molar-refractivity contribution in [2.75, 3.05) is 5.32 Å². The second-order valence-corrected chi connectivity index (χ2v) is 5.59. The number of halogens is 1. The first-order valence-electron chi connectivity index (χ1n) is 6.49. The lowest BCUT2D eigenvalue weighted by Gasteiger charge is -2.10. The van der Waals surface area contributed by atoms with E-state index in [1.807, 2.05) is 36.4 Å². The zero-order valence-electron chi connectivity index (χ0n) is 11.1. The molecule has 0 fully saturated rings. The van der Waals surface area contributed by atoms with Gasteiger partial charge in [0.05, 0.1) is 5.02 Å². The van der Waals surface area contributed by atoms with Crippen molar-refractivity contribution in [3.05, 3.63) is 71.2 Å². The lowest BCUT2D eigenvalue weighted by atomic mass is 10.1. The van der Waals surface area contributed by atoms with Crippen molar-refractivity contribution in [3.8, 4) is 0 Å². The van der Waals surface area contributed by atoms with Crippen LogP contribution >= 0.6 is 23.8 Å². The molecule has 0 aromatic heterocycles. The predicted octanol–water partition coefficient (Wildman–Crippen LogP) is 4.87. The number of nitrogens with two attached hydrogens (primary N) is 1. The molecule has 0 aliphatic heterocycles. The molecule has 3 aromatic carbocycles. The molecular formula is C17H13ClN2S. The van der Waals surface area contributed by atoms with Crippen LogP contribution in [0.1, 0.15) is 5.56 Å². The smallest absolute Gasteiger partial charge is 0.105 e. The van der Waals surface area contributed by atoms with Crippen LogP contribution in [0.3, 0.4) is 0 Å². The van der Waals surface area contributed by atoms with E-state index in [1.54, 1.807) is 0 Å². The summed E-state index contributed by atoms with van der Waals surface area (Å²) in [6.07, 6.45) is 0. The Morgan fingerprint density at radius 3 is 2.29 bits per heavy atom. The Labute approximate surface area is 133 Å². The van der Waals surface area contributed by atoms with E-state index in [9.17, 15) is 0 Å². The van der Waals surface area contributed by atoms with Crippen LogP contribution in [0.4, 0.5) is 11.4 Å². The van der Waals surface area contributed by atoms with E-state index in [4.69, 9.17) is 29.6 Å². The Morgan fingerprint density at radius 2 is 1.57 bits per heavy atom. The summed E-state index contributed by atoms with van der Waals surface area (Å²) in [6, 6.07) is 20.0. The molecule has 3 aromatic rings. The summed E-state index contributed by atoms with van der Waals surface area (Å²) in [5.41, 5.74) is 8.20. The minimum Gasteiger partial charge on any atom is -0.389 e. The number of hydrogen-bond acceptors (Lipinski definition) is 2. The van der Waals surface area contributed by atoms with Crippen LogP contribution in [0.5, 0.6) is 0 Å². The van der Waals surface area contributed by atoms with Crippen molar-refractivity contribution in [2.24, 2.45) is 5.73 Å². The Balaban J connectivity index is 1.91. The summed E-state index contributed by atoms with van der Waals surface area (Å²) >= 11 is 11.1. The van der Waals surface area contributed by atoms with Crippen molar-refractivity contribution >= 4 is 51.0 Å². The molecule has 0 atom stereocenters. The minimum atomic E-state index is 0.303. The maximum absolute atomic E-state index is 6.18. The molecule has 0 unspecified atom stereocenters. The van der Waals surface area contributed by atoms with Gasteiger partial charge in [-0.15, -0.1) is 0 Å². The van der Waals surface area contributed by atoms with Crippen LogP contribution in [0.25, 0.3) is 10.8 Å². The van der Waals surface area contributed by atoms with Crippen molar-refractivity contribution in [1.82, 2.24) is 0 Å². The third-order valence-corrected chi connectivity index (χ3v) is 3.81. The second kappa shape index (κ2) is 5.72. The maximum Gasteiger partial charge on any atom is 0.105 e. The molecular weight excluding hydrogens is 300 g/mol. The zero-order chi connectivity index (χ0) is 14.8. The Hall–Kier alpha value is -2.10. The number of rotatable bonds is 3. The molecule has 0 amide bonds. The van der Waals surface area contributed by atoms with Crippen LogP contribution in [0, 0.1) is 0 Å². The van der Waals surface area contributed by atoms with Gasteiger partial charge in [-0.2, -0.15) is 0 Å². The van der Waals surface area contributed by atoms with E-state index in [-0.39, 0.29) is 0 Å². The molecule has 0 aliphatic carbocycles. The maximum atomic E-state index is 6.18. The molecule has 0 saturated carbocycles. The third-order valence-electron chi connectivity index (χ3n) is 3.27. The molecule has 0 bridgehead atoms. The van der Waals surface area contributed by atoms with E-state index in [0.29, 0.717) is 15.6 Å². The first-order chi connectivity index (χ1) is 10.1. The molecule has 0 heterocycles. The molecule has 3 rings (SSSR count). The van der Waals surface area contributed by atoms with Crippen LogP contribution in [0.2, 0.25) is 5.02 Å². The Bertz CT molecular complexity index is 830. The van der Waals surface area contributed by atoms with Crippen molar-refractivity contribution in [1.29, 1.82) is 0 Å². The lowest BCUT2D eigenvalue weighted by Crippen LogP contribution is -2.09. The summed E-state index contributed by atoms with van der Waals surface area (Å²) in [5, 5.41) is 6.28. The van der Waals surface area contributed by atoms with Gasteiger partial charge in [0.15, 0.2) is 0 Å². The quantitative estimate of drug-likeness (QED) is 0.677. The van der Waals surface area contributed by atoms with Crippen molar-refractivity contribution in [3.63, 3.8) is 0 Å². The Morgan fingerprint density at radius 1 is 0.905 bits per heavy atom. The summed E-state index contributed by atoms with van der Waals surface area (Å²) in [7, 11) is 0. The first-order valence-corrected chi connectivity index (χ1v) is 7.27. The summed E-state index contributed by atoms with van der Waals surface area (Å²) in [6.45, 7) is 0. The van der Waals surface area contributed by atoms with Gasteiger partial charge in [-0.05, 0) is 41.1 Å². The summed E-state index contributed by atoms with van der Waals surface area (Å²) in [5.74, 6) is 0. The monoisotopic (exact) mass is 312 g/mol. The molecule has 2 nitrogen and oxygen atoms in total. The van der Waals surface area contributed by atoms with Gasteiger partial charge in [0, 0.05) is 16.9 Å². The first kappa shape index (κ1) is 13.9. The van der Waals surface area contributed by atoms with E-state index in [1.165, 1.54) is 10.8 Å². The zero-order valence-corrected chi connectivity index (χ0v) is 12.7. The summed E-state index contributed by atoms with van der Waals surface area (Å²) < 4.78 is 0. The highest BCUT2D eigenvalue weighted by atomic mass is 35.5. The molecule has 0 aliphatic rings. The summed E-state index contributed by atoms with van der Waals surface area (Å²) in [4.78, 5) is 0.303. The number of anilines is 2. The lowest BCUT2D eigenvalue weighted by molar-refractivity contribution is 1.55. The van der Waals surface area contributed by atoms with Gasteiger partial charge in [0.2, 0.25) is 0 Å². The van der Waals surface area contributed by atoms with Crippen LogP contribution < -0.4 is 11.1 Å². The highest BCUT2D eigenvalue weighted by molar-refractivity contribution is 7.80. The standard InChI is InChI=1S/C17H13ClN2S/c18-16-10-14(7-8-15(16)17(19)21)20-13-6-5-11-3-1-2-4-12(11)9-13/h1-10,20H,(H2,19,21). The molecule has 0 spiro atoms. The van der Waals surface area contributed by atoms with Gasteiger partial charge < -0.3 is 11.1 Å². The fourth-order valence-corrected chi connectivity index (χ4v) is 2.74. The average molecular weight is 313 g/mol. The molecule has 3 N–H and O–H groups in total. The number of hydrogen-bond donors (Lipinski definition) is 2. The van der Waals surface area contributed by atoms with Crippen LogP contribution in [0.15, 0.2) is 60.7 Å². The number of thiocarbonyl (C=S) groups is 1. The highest BCUT2D eigenvalue weighted by Gasteiger charge is 2.05. The van der Waals surface area contributed by atoms with Gasteiger partial charge >= 0.3 is 0 Å².